The quantitative estimate of drug-likeness (QED) is 0.520. The van der Waals surface area contributed by atoms with Gasteiger partial charge in [-0.2, -0.15) is 0 Å². The molecule has 0 heterocycles. The highest BCUT2D eigenvalue weighted by atomic mass is 16.5. The molecule has 4 heteroatoms. The van der Waals surface area contributed by atoms with Crippen molar-refractivity contribution in [3.63, 3.8) is 0 Å². The van der Waals surface area contributed by atoms with Crippen molar-refractivity contribution in [2.24, 2.45) is 17.8 Å². The van der Waals surface area contributed by atoms with Crippen molar-refractivity contribution in [3.05, 3.63) is 0 Å². The number of hydrogen-bond donors (Lipinski definition) is 0. The van der Waals surface area contributed by atoms with Gasteiger partial charge in [0.2, 0.25) is 0 Å². The summed E-state index contributed by atoms with van der Waals surface area (Å²) in [6.45, 7) is 0. The lowest BCUT2D eigenvalue weighted by Crippen LogP contribution is -2.35. The second kappa shape index (κ2) is 4.98. The first-order valence-electron chi connectivity index (χ1n) is 6.27. The Hall–Kier alpha value is -1.19. The molecule has 0 aromatic carbocycles. The molecule has 0 aromatic heterocycles. The maximum atomic E-state index is 12.1. The molecule has 2 saturated carbocycles. The van der Waals surface area contributed by atoms with Gasteiger partial charge in [0, 0.05) is 18.3 Å². The maximum absolute atomic E-state index is 12.1. The molecule has 0 aromatic rings. The number of esters is 1. The van der Waals surface area contributed by atoms with Gasteiger partial charge < -0.3 is 4.74 Å². The van der Waals surface area contributed by atoms with Gasteiger partial charge in [-0.05, 0) is 25.7 Å². The standard InChI is InChI=1S/C13H18O4/c1-17-13(16)10(7-11(14)8-5-6-8)12(15)9-3-2-4-9/h8-10H,2-7H2,1H3. The average Bonchev–Trinajstić information content (AvgIpc) is 3.05. The predicted molar refractivity (Wildman–Crippen MR) is 60.2 cm³/mol. The van der Waals surface area contributed by atoms with Crippen LogP contribution < -0.4 is 0 Å². The lowest BCUT2D eigenvalue weighted by molar-refractivity contribution is -0.153. The topological polar surface area (TPSA) is 60.4 Å². The van der Waals surface area contributed by atoms with Crippen molar-refractivity contribution in [2.45, 2.75) is 38.5 Å². The van der Waals surface area contributed by atoms with Gasteiger partial charge in [0.15, 0.2) is 5.78 Å². The first-order chi connectivity index (χ1) is 8.13. The summed E-state index contributed by atoms with van der Waals surface area (Å²) in [5.74, 6) is -1.36. The minimum atomic E-state index is -0.849. The van der Waals surface area contributed by atoms with E-state index in [-0.39, 0.29) is 29.8 Å². The summed E-state index contributed by atoms with van der Waals surface area (Å²) < 4.78 is 4.64. The van der Waals surface area contributed by atoms with E-state index in [0.717, 1.165) is 32.1 Å². The zero-order chi connectivity index (χ0) is 12.4. The molecule has 4 nitrogen and oxygen atoms in total. The Bertz CT molecular complexity index is 339. The molecule has 0 aliphatic heterocycles. The van der Waals surface area contributed by atoms with Gasteiger partial charge in [0.05, 0.1) is 7.11 Å². The minimum Gasteiger partial charge on any atom is -0.468 e. The number of carbonyl (C=O) groups excluding carboxylic acids is 3. The molecule has 17 heavy (non-hydrogen) atoms. The molecule has 0 saturated heterocycles. The van der Waals surface area contributed by atoms with Gasteiger partial charge in [-0.25, -0.2) is 0 Å². The summed E-state index contributed by atoms with van der Waals surface area (Å²) in [5, 5.41) is 0. The molecule has 2 fully saturated rings. The van der Waals surface area contributed by atoms with Crippen LogP contribution in [0.2, 0.25) is 0 Å². The van der Waals surface area contributed by atoms with E-state index in [1.807, 2.05) is 0 Å². The summed E-state index contributed by atoms with van der Waals surface area (Å²) in [6, 6.07) is 0. The van der Waals surface area contributed by atoms with Crippen molar-refractivity contribution < 1.29 is 19.1 Å². The number of methoxy groups -OCH3 is 1. The van der Waals surface area contributed by atoms with Crippen LogP contribution in [-0.2, 0) is 19.1 Å². The Balaban J connectivity index is 1.98. The highest BCUT2D eigenvalue weighted by Crippen LogP contribution is 2.35. The average molecular weight is 238 g/mol. The van der Waals surface area contributed by atoms with Crippen molar-refractivity contribution in [2.75, 3.05) is 7.11 Å². The Morgan fingerprint density at radius 3 is 2.18 bits per heavy atom. The molecular formula is C13H18O4. The monoisotopic (exact) mass is 238 g/mol. The third-order valence-corrected chi connectivity index (χ3v) is 3.77. The van der Waals surface area contributed by atoms with Crippen LogP contribution in [0.5, 0.6) is 0 Å². The molecule has 0 bridgehead atoms. The first kappa shape index (κ1) is 12.3. The third kappa shape index (κ3) is 2.73. The fourth-order valence-electron chi connectivity index (χ4n) is 2.19. The Kier molecular flexibility index (Phi) is 3.60. The van der Waals surface area contributed by atoms with Crippen LogP contribution in [0.25, 0.3) is 0 Å². The molecule has 1 unspecified atom stereocenters. The largest absolute Gasteiger partial charge is 0.468 e. The third-order valence-electron chi connectivity index (χ3n) is 3.77. The highest BCUT2D eigenvalue weighted by Gasteiger charge is 2.40. The van der Waals surface area contributed by atoms with Gasteiger partial charge in [0.1, 0.15) is 11.7 Å². The van der Waals surface area contributed by atoms with Crippen LogP contribution in [0.1, 0.15) is 38.5 Å². The molecule has 2 aliphatic rings. The van der Waals surface area contributed by atoms with E-state index in [2.05, 4.69) is 4.74 Å². The Morgan fingerprint density at radius 1 is 1.12 bits per heavy atom. The zero-order valence-electron chi connectivity index (χ0n) is 10.1. The predicted octanol–water partition coefficient (Wildman–Crippen LogP) is 1.51. The van der Waals surface area contributed by atoms with Crippen LogP contribution in [0.3, 0.4) is 0 Å². The van der Waals surface area contributed by atoms with Gasteiger partial charge in [-0.3, -0.25) is 14.4 Å². The van der Waals surface area contributed by atoms with E-state index >= 15 is 0 Å². The van der Waals surface area contributed by atoms with Crippen LogP contribution in [0, 0.1) is 17.8 Å². The smallest absolute Gasteiger partial charge is 0.316 e. The van der Waals surface area contributed by atoms with E-state index in [1.54, 1.807) is 0 Å². The second-order valence-corrected chi connectivity index (χ2v) is 5.05. The maximum Gasteiger partial charge on any atom is 0.316 e. The normalized spacial score (nSPS) is 21.5. The minimum absolute atomic E-state index is 0.0221. The zero-order valence-corrected chi connectivity index (χ0v) is 10.1. The van der Waals surface area contributed by atoms with Gasteiger partial charge in [0.25, 0.3) is 0 Å². The van der Waals surface area contributed by atoms with Crippen LogP contribution >= 0.6 is 0 Å². The molecule has 0 N–H and O–H groups in total. The van der Waals surface area contributed by atoms with Crippen molar-refractivity contribution in [3.8, 4) is 0 Å². The fourth-order valence-corrected chi connectivity index (χ4v) is 2.19. The molecule has 2 aliphatic carbocycles. The lowest BCUT2D eigenvalue weighted by Gasteiger charge is -2.27. The summed E-state index contributed by atoms with van der Waals surface area (Å²) in [4.78, 5) is 35.3. The summed E-state index contributed by atoms with van der Waals surface area (Å²) >= 11 is 0. The first-order valence-corrected chi connectivity index (χ1v) is 6.27. The van der Waals surface area contributed by atoms with Crippen molar-refractivity contribution >= 4 is 17.5 Å². The van der Waals surface area contributed by atoms with Gasteiger partial charge in [-0.1, -0.05) is 6.42 Å². The number of ketones is 2. The van der Waals surface area contributed by atoms with Crippen LogP contribution in [-0.4, -0.2) is 24.6 Å². The Labute approximate surface area is 101 Å². The number of carbonyl (C=O) groups is 3. The van der Waals surface area contributed by atoms with E-state index in [9.17, 15) is 14.4 Å². The summed E-state index contributed by atoms with van der Waals surface area (Å²) in [7, 11) is 1.27. The number of hydrogen-bond acceptors (Lipinski definition) is 4. The lowest BCUT2D eigenvalue weighted by atomic mass is 9.76. The van der Waals surface area contributed by atoms with Crippen molar-refractivity contribution in [1.82, 2.24) is 0 Å². The highest BCUT2D eigenvalue weighted by molar-refractivity contribution is 6.04. The fraction of sp³-hybridized carbons (Fsp3) is 0.769. The molecule has 0 radical (unpaired) electrons. The number of rotatable bonds is 6. The van der Waals surface area contributed by atoms with Gasteiger partial charge >= 0.3 is 5.97 Å². The summed E-state index contributed by atoms with van der Waals surface area (Å²) in [6.07, 6.45) is 4.61. The Morgan fingerprint density at radius 2 is 1.76 bits per heavy atom. The number of ether oxygens (including phenoxy) is 1. The SMILES string of the molecule is COC(=O)C(CC(=O)C1CC1)C(=O)C1CCC1. The van der Waals surface area contributed by atoms with Gasteiger partial charge in [-0.15, -0.1) is 0 Å². The van der Waals surface area contributed by atoms with E-state index in [4.69, 9.17) is 0 Å². The van der Waals surface area contributed by atoms with Crippen molar-refractivity contribution in [1.29, 1.82) is 0 Å². The molecular weight excluding hydrogens is 220 g/mol. The van der Waals surface area contributed by atoms with E-state index in [1.165, 1.54) is 7.11 Å². The molecule has 94 valence electrons. The van der Waals surface area contributed by atoms with Crippen LogP contribution in [0.4, 0.5) is 0 Å². The second-order valence-electron chi connectivity index (χ2n) is 5.05. The molecule has 2 rings (SSSR count). The van der Waals surface area contributed by atoms with E-state index in [0.29, 0.717) is 0 Å². The molecule has 0 amide bonds. The number of Topliss-reactive ketones (excluding diaryl/α,β-unsaturated/α-hetero) is 2. The molecule has 0 spiro atoms. The molecule has 1 atom stereocenters. The summed E-state index contributed by atoms with van der Waals surface area (Å²) in [5.41, 5.74) is 0. The van der Waals surface area contributed by atoms with E-state index < -0.39 is 11.9 Å². The van der Waals surface area contributed by atoms with Crippen LogP contribution in [0.15, 0.2) is 0 Å².